The maximum Gasteiger partial charge on any atom is 0.273 e. The molecule has 6 nitrogen and oxygen atoms in total. The van der Waals surface area contributed by atoms with Crippen LogP contribution in [0.1, 0.15) is 53.3 Å². The maximum atomic E-state index is 12.6. The number of nitrogens with one attached hydrogen (secondary N) is 2. The zero-order chi connectivity index (χ0) is 21.2. The number of hydrogen-bond acceptors (Lipinski definition) is 4. The Morgan fingerprint density at radius 1 is 1.00 bits per heavy atom. The molecule has 156 valence electrons. The van der Waals surface area contributed by atoms with Gasteiger partial charge in [-0.15, -0.1) is 0 Å². The van der Waals surface area contributed by atoms with Gasteiger partial charge < -0.3 is 9.47 Å². The van der Waals surface area contributed by atoms with Crippen molar-refractivity contribution < 1.29 is 19.1 Å². The molecule has 0 saturated carbocycles. The van der Waals surface area contributed by atoms with E-state index in [9.17, 15) is 9.59 Å². The van der Waals surface area contributed by atoms with Crippen molar-refractivity contribution in [2.24, 2.45) is 0 Å². The molecule has 0 bridgehead atoms. The van der Waals surface area contributed by atoms with Gasteiger partial charge in [-0.05, 0) is 65.4 Å². The lowest BCUT2D eigenvalue weighted by Gasteiger charge is -2.13. The van der Waals surface area contributed by atoms with E-state index in [-0.39, 0.29) is 0 Å². The summed E-state index contributed by atoms with van der Waals surface area (Å²) in [6.07, 6.45) is 4.33. The summed E-state index contributed by atoms with van der Waals surface area (Å²) in [5.74, 6) is 0.291. The third-order valence-electron chi connectivity index (χ3n) is 4.15. The van der Waals surface area contributed by atoms with Crippen molar-refractivity contribution in [1.29, 1.82) is 0 Å². The van der Waals surface area contributed by atoms with E-state index in [2.05, 4.69) is 56.3 Å². The van der Waals surface area contributed by atoms with Gasteiger partial charge in [0.15, 0.2) is 0 Å². The zero-order valence-electron chi connectivity index (χ0n) is 16.4. The average molecular weight is 575 g/mol. The van der Waals surface area contributed by atoms with Crippen LogP contribution in [0.2, 0.25) is 0 Å². The maximum absolute atomic E-state index is 12.6. The number of benzene rings is 2. The second-order valence-corrected chi connectivity index (χ2v) is 8.39. The van der Waals surface area contributed by atoms with Crippen LogP contribution >= 0.6 is 38.5 Å². The van der Waals surface area contributed by atoms with Crippen LogP contribution in [-0.4, -0.2) is 25.5 Å². The van der Waals surface area contributed by atoms with E-state index in [0.717, 1.165) is 33.7 Å². The number of hydrogen-bond donors (Lipinski definition) is 2. The summed E-state index contributed by atoms with van der Waals surface area (Å²) in [4.78, 5) is 25.0. The van der Waals surface area contributed by atoms with Crippen molar-refractivity contribution in [2.45, 2.75) is 32.6 Å². The number of halogens is 2. The first-order valence-electron chi connectivity index (χ1n) is 9.32. The number of amides is 2. The molecule has 0 spiro atoms. The summed E-state index contributed by atoms with van der Waals surface area (Å²) in [6.45, 7) is 2.69. The van der Waals surface area contributed by atoms with Crippen LogP contribution in [0.3, 0.4) is 0 Å². The predicted octanol–water partition coefficient (Wildman–Crippen LogP) is 5.10. The van der Waals surface area contributed by atoms with Gasteiger partial charge in [0.1, 0.15) is 11.5 Å². The molecule has 2 aromatic carbocycles. The van der Waals surface area contributed by atoms with Crippen molar-refractivity contribution in [3.05, 3.63) is 55.6 Å². The summed E-state index contributed by atoms with van der Waals surface area (Å²) in [7, 11) is 1.57. The number of carbonyl (C=O) groups is 2. The molecule has 0 unspecified atom stereocenters. The van der Waals surface area contributed by atoms with E-state index in [1.54, 1.807) is 37.4 Å². The summed E-state index contributed by atoms with van der Waals surface area (Å²) in [5, 5.41) is 0. The highest BCUT2D eigenvalue weighted by Crippen LogP contribution is 2.24. The fraction of sp³-hybridized carbons (Fsp3) is 0.333. The first-order valence-corrected chi connectivity index (χ1v) is 11.2. The standard InChI is InChI=1S/C21H24BrIN2O4/c1-3-4-5-6-11-29-18-10-8-15(22)13-16(18)21(27)25-24-20(26)14-7-9-19(28-2)17(23)12-14/h7-10,12-13H,3-6,11H2,1-2H3,(H,24,26)(H,25,27). The van der Waals surface area contributed by atoms with Gasteiger partial charge in [-0.3, -0.25) is 20.4 Å². The lowest BCUT2D eigenvalue weighted by molar-refractivity contribution is 0.0844. The first kappa shape index (κ1) is 23.5. The second-order valence-electron chi connectivity index (χ2n) is 6.31. The van der Waals surface area contributed by atoms with Gasteiger partial charge in [-0.2, -0.15) is 0 Å². The molecule has 0 saturated heterocycles. The zero-order valence-corrected chi connectivity index (χ0v) is 20.1. The summed E-state index contributed by atoms with van der Waals surface area (Å²) >= 11 is 5.45. The quantitative estimate of drug-likeness (QED) is 0.248. The molecule has 0 aromatic heterocycles. The number of rotatable bonds is 9. The van der Waals surface area contributed by atoms with Gasteiger partial charge in [-0.1, -0.05) is 42.1 Å². The molecule has 0 radical (unpaired) electrons. The molecular weight excluding hydrogens is 551 g/mol. The Labute approximate surface area is 193 Å². The Bertz CT molecular complexity index is 861. The van der Waals surface area contributed by atoms with Gasteiger partial charge in [0, 0.05) is 10.0 Å². The smallest absolute Gasteiger partial charge is 0.273 e. The Morgan fingerprint density at radius 3 is 2.41 bits per heavy atom. The minimum Gasteiger partial charge on any atom is -0.496 e. The first-order chi connectivity index (χ1) is 14.0. The van der Waals surface area contributed by atoms with Gasteiger partial charge in [0.2, 0.25) is 0 Å². The van der Waals surface area contributed by atoms with E-state index in [1.165, 1.54) is 0 Å². The molecule has 2 rings (SSSR count). The molecule has 0 aliphatic rings. The van der Waals surface area contributed by atoms with Crippen LogP contribution in [-0.2, 0) is 0 Å². The van der Waals surface area contributed by atoms with Crippen molar-refractivity contribution in [2.75, 3.05) is 13.7 Å². The van der Waals surface area contributed by atoms with Crippen molar-refractivity contribution in [3.63, 3.8) is 0 Å². The normalized spacial score (nSPS) is 10.3. The third kappa shape index (κ3) is 7.18. The molecule has 2 aromatic rings. The fourth-order valence-electron chi connectivity index (χ4n) is 2.58. The molecule has 8 heteroatoms. The number of carbonyl (C=O) groups excluding carboxylic acids is 2. The highest BCUT2D eigenvalue weighted by atomic mass is 127. The number of hydrazine groups is 1. The van der Waals surface area contributed by atoms with Crippen LogP contribution in [0.4, 0.5) is 0 Å². The van der Waals surface area contributed by atoms with Crippen LogP contribution in [0.25, 0.3) is 0 Å². The van der Waals surface area contributed by atoms with Crippen LogP contribution < -0.4 is 20.3 Å². The summed E-state index contributed by atoms with van der Waals surface area (Å²) in [6, 6.07) is 10.2. The van der Waals surface area contributed by atoms with E-state index < -0.39 is 11.8 Å². The molecule has 0 fully saturated rings. The monoisotopic (exact) mass is 574 g/mol. The van der Waals surface area contributed by atoms with Crippen LogP contribution in [0, 0.1) is 3.57 Å². The minimum absolute atomic E-state index is 0.347. The molecule has 0 heterocycles. The topological polar surface area (TPSA) is 76.7 Å². The summed E-state index contributed by atoms with van der Waals surface area (Å²) < 4.78 is 12.5. The molecular formula is C21H24BrIN2O4. The van der Waals surface area contributed by atoms with Crippen molar-refractivity contribution >= 4 is 50.3 Å². The van der Waals surface area contributed by atoms with Crippen molar-refractivity contribution in [1.82, 2.24) is 10.9 Å². The largest absolute Gasteiger partial charge is 0.496 e. The highest BCUT2D eigenvalue weighted by molar-refractivity contribution is 14.1. The molecule has 0 aliphatic heterocycles. The Kier molecular flexibility index (Phi) is 9.72. The van der Waals surface area contributed by atoms with E-state index >= 15 is 0 Å². The molecule has 0 atom stereocenters. The Balaban J connectivity index is 1.99. The van der Waals surface area contributed by atoms with Gasteiger partial charge in [0.05, 0.1) is 22.9 Å². The summed E-state index contributed by atoms with van der Waals surface area (Å²) in [5.41, 5.74) is 5.65. The minimum atomic E-state index is -0.452. The molecule has 2 N–H and O–H groups in total. The third-order valence-corrected chi connectivity index (χ3v) is 5.48. The Hall–Kier alpha value is -1.81. The van der Waals surface area contributed by atoms with Gasteiger partial charge >= 0.3 is 0 Å². The molecule has 2 amide bonds. The lowest BCUT2D eigenvalue weighted by atomic mass is 10.2. The SMILES string of the molecule is CCCCCCOc1ccc(Br)cc1C(=O)NNC(=O)c1ccc(OC)c(I)c1. The van der Waals surface area contributed by atoms with Gasteiger partial charge in [-0.25, -0.2) is 0 Å². The molecule has 29 heavy (non-hydrogen) atoms. The van der Waals surface area contributed by atoms with Crippen LogP contribution in [0.5, 0.6) is 11.5 Å². The van der Waals surface area contributed by atoms with E-state index in [1.807, 2.05) is 6.07 Å². The number of unbranched alkanes of at least 4 members (excludes halogenated alkanes) is 3. The lowest BCUT2D eigenvalue weighted by Crippen LogP contribution is -2.41. The fourth-order valence-corrected chi connectivity index (χ4v) is 3.67. The van der Waals surface area contributed by atoms with E-state index in [4.69, 9.17) is 9.47 Å². The molecule has 0 aliphatic carbocycles. The van der Waals surface area contributed by atoms with E-state index in [0.29, 0.717) is 29.2 Å². The number of methoxy groups -OCH3 is 1. The number of ether oxygens (including phenoxy) is 2. The Morgan fingerprint density at radius 2 is 1.72 bits per heavy atom. The highest BCUT2D eigenvalue weighted by Gasteiger charge is 2.15. The van der Waals surface area contributed by atoms with Crippen molar-refractivity contribution in [3.8, 4) is 11.5 Å². The predicted molar refractivity (Wildman–Crippen MR) is 124 cm³/mol. The van der Waals surface area contributed by atoms with Crippen LogP contribution in [0.15, 0.2) is 40.9 Å². The second kappa shape index (κ2) is 12.0. The van der Waals surface area contributed by atoms with Gasteiger partial charge in [0.25, 0.3) is 11.8 Å². The average Bonchev–Trinajstić information content (AvgIpc) is 2.72.